The summed E-state index contributed by atoms with van der Waals surface area (Å²) in [5.41, 5.74) is 0.228. The first-order chi connectivity index (χ1) is 9.15. The van der Waals surface area contributed by atoms with Crippen molar-refractivity contribution < 1.29 is 13.7 Å². The predicted molar refractivity (Wildman–Crippen MR) is 74.9 cm³/mol. The lowest BCUT2D eigenvalue weighted by atomic mass is 10.1. The standard InChI is InChI=1S/C15H12O3S/c1-10(16)18-15-7-6-13-8-11-4-2-3-5-12(11)9-14(13)19(15)17/h2-9,15H,1H3. The minimum atomic E-state index is -1.36. The number of ether oxygens (including phenoxy) is 1. The van der Waals surface area contributed by atoms with E-state index in [9.17, 15) is 9.00 Å². The summed E-state index contributed by atoms with van der Waals surface area (Å²) in [6.45, 7) is 1.32. The fourth-order valence-corrected chi connectivity index (χ4v) is 3.46. The van der Waals surface area contributed by atoms with Crippen molar-refractivity contribution in [2.24, 2.45) is 0 Å². The molecule has 2 atom stereocenters. The molecule has 1 heterocycles. The molecule has 3 nitrogen and oxygen atoms in total. The highest BCUT2D eigenvalue weighted by atomic mass is 32.2. The number of rotatable bonds is 1. The molecule has 1 aliphatic rings. The van der Waals surface area contributed by atoms with Gasteiger partial charge in [-0.3, -0.25) is 9.00 Å². The Hall–Kier alpha value is -1.94. The maximum atomic E-state index is 12.4. The van der Waals surface area contributed by atoms with Gasteiger partial charge in [0, 0.05) is 6.92 Å². The summed E-state index contributed by atoms with van der Waals surface area (Å²) in [4.78, 5) is 11.7. The second kappa shape index (κ2) is 4.63. The third-order valence-electron chi connectivity index (χ3n) is 3.02. The first-order valence-corrected chi connectivity index (χ1v) is 7.15. The predicted octanol–water partition coefficient (Wildman–Crippen LogP) is 2.86. The van der Waals surface area contributed by atoms with Gasteiger partial charge in [-0.15, -0.1) is 0 Å². The van der Waals surface area contributed by atoms with E-state index in [1.165, 1.54) is 6.92 Å². The van der Waals surface area contributed by atoms with Crippen LogP contribution in [0.15, 0.2) is 47.4 Å². The van der Waals surface area contributed by atoms with Gasteiger partial charge in [-0.05, 0) is 34.5 Å². The molecular formula is C15H12O3S. The van der Waals surface area contributed by atoms with Crippen molar-refractivity contribution in [3.63, 3.8) is 0 Å². The van der Waals surface area contributed by atoms with Gasteiger partial charge in [-0.2, -0.15) is 0 Å². The van der Waals surface area contributed by atoms with Gasteiger partial charge in [-0.25, -0.2) is 0 Å². The summed E-state index contributed by atoms with van der Waals surface area (Å²) < 4.78 is 17.4. The number of carbonyl (C=O) groups excluding carboxylic acids is 1. The van der Waals surface area contributed by atoms with Crippen LogP contribution in [0.4, 0.5) is 0 Å². The van der Waals surface area contributed by atoms with E-state index in [0.29, 0.717) is 4.90 Å². The van der Waals surface area contributed by atoms with Crippen LogP contribution in [0.1, 0.15) is 12.5 Å². The quantitative estimate of drug-likeness (QED) is 0.750. The summed E-state index contributed by atoms with van der Waals surface area (Å²) in [5, 5.41) is 2.14. The van der Waals surface area contributed by atoms with Gasteiger partial charge in [-0.1, -0.05) is 30.3 Å². The van der Waals surface area contributed by atoms with Crippen molar-refractivity contribution in [3.05, 3.63) is 48.0 Å². The number of hydrogen-bond acceptors (Lipinski definition) is 3. The second-order valence-corrected chi connectivity index (χ2v) is 5.87. The fourth-order valence-electron chi connectivity index (χ4n) is 2.17. The lowest BCUT2D eigenvalue weighted by Gasteiger charge is -2.19. The smallest absolute Gasteiger partial charge is 0.304 e. The van der Waals surface area contributed by atoms with Gasteiger partial charge in [0.15, 0.2) is 5.44 Å². The third-order valence-corrected chi connectivity index (χ3v) is 4.48. The first-order valence-electron chi connectivity index (χ1n) is 5.94. The molecule has 0 spiro atoms. The Kier molecular flexibility index (Phi) is 2.95. The molecule has 0 fully saturated rings. The van der Waals surface area contributed by atoms with Gasteiger partial charge in [0.2, 0.25) is 0 Å². The van der Waals surface area contributed by atoms with Crippen molar-refractivity contribution in [2.75, 3.05) is 0 Å². The summed E-state index contributed by atoms with van der Waals surface area (Å²) >= 11 is 0. The molecular weight excluding hydrogens is 260 g/mol. The molecule has 0 aromatic heterocycles. The maximum absolute atomic E-state index is 12.4. The van der Waals surface area contributed by atoms with Crippen molar-refractivity contribution >= 4 is 33.6 Å². The molecule has 2 aromatic rings. The Morgan fingerprint density at radius 2 is 1.89 bits per heavy atom. The Morgan fingerprint density at radius 1 is 1.21 bits per heavy atom. The van der Waals surface area contributed by atoms with Gasteiger partial charge >= 0.3 is 5.97 Å². The fraction of sp³-hybridized carbons (Fsp3) is 0.133. The zero-order valence-electron chi connectivity index (χ0n) is 10.3. The van der Waals surface area contributed by atoms with Crippen LogP contribution in [0, 0.1) is 0 Å². The van der Waals surface area contributed by atoms with E-state index in [1.807, 2.05) is 42.5 Å². The molecule has 2 unspecified atom stereocenters. The Labute approximate surface area is 113 Å². The van der Waals surface area contributed by atoms with E-state index in [4.69, 9.17) is 4.74 Å². The summed E-state index contributed by atoms with van der Waals surface area (Å²) in [6, 6.07) is 11.8. The molecule has 0 aliphatic carbocycles. The largest absolute Gasteiger partial charge is 0.444 e. The monoisotopic (exact) mass is 272 g/mol. The SMILES string of the molecule is CC(=O)OC1C=Cc2cc3ccccc3cc2S1=O. The van der Waals surface area contributed by atoms with Gasteiger partial charge < -0.3 is 4.74 Å². The normalized spacial score (nSPS) is 21.1. The van der Waals surface area contributed by atoms with E-state index in [0.717, 1.165) is 16.3 Å². The Balaban J connectivity index is 2.10. The molecule has 19 heavy (non-hydrogen) atoms. The molecule has 3 rings (SSSR count). The molecule has 0 radical (unpaired) electrons. The number of fused-ring (bicyclic) bond motifs is 2. The zero-order chi connectivity index (χ0) is 13.4. The molecule has 0 amide bonds. The van der Waals surface area contributed by atoms with Gasteiger partial charge in [0.05, 0.1) is 15.7 Å². The van der Waals surface area contributed by atoms with Crippen LogP contribution in [0.25, 0.3) is 16.8 Å². The van der Waals surface area contributed by atoms with Crippen molar-refractivity contribution in [3.8, 4) is 0 Å². The van der Waals surface area contributed by atoms with Crippen molar-refractivity contribution in [1.82, 2.24) is 0 Å². The van der Waals surface area contributed by atoms with Crippen LogP contribution < -0.4 is 0 Å². The van der Waals surface area contributed by atoms with E-state index < -0.39 is 22.2 Å². The maximum Gasteiger partial charge on any atom is 0.304 e. The zero-order valence-corrected chi connectivity index (χ0v) is 11.1. The minimum absolute atomic E-state index is 0.424. The van der Waals surface area contributed by atoms with Crippen LogP contribution in [-0.2, 0) is 20.3 Å². The lowest BCUT2D eigenvalue weighted by molar-refractivity contribution is -0.141. The molecule has 1 aliphatic heterocycles. The first kappa shape index (κ1) is 12.1. The third kappa shape index (κ3) is 2.19. The minimum Gasteiger partial charge on any atom is -0.444 e. The molecule has 0 saturated carbocycles. The van der Waals surface area contributed by atoms with Gasteiger partial charge in [0.1, 0.15) is 0 Å². The highest BCUT2D eigenvalue weighted by molar-refractivity contribution is 7.85. The summed E-state index contributed by atoms with van der Waals surface area (Å²) in [5.74, 6) is -0.424. The average Bonchev–Trinajstić information content (AvgIpc) is 2.40. The molecule has 4 heteroatoms. The molecule has 0 saturated heterocycles. The van der Waals surface area contributed by atoms with Crippen LogP contribution in [0.2, 0.25) is 0 Å². The van der Waals surface area contributed by atoms with Crippen LogP contribution >= 0.6 is 0 Å². The number of benzene rings is 2. The van der Waals surface area contributed by atoms with E-state index in [2.05, 4.69) is 0 Å². The summed E-state index contributed by atoms with van der Waals surface area (Å²) in [6.07, 6.45) is 3.53. The highest BCUT2D eigenvalue weighted by Crippen LogP contribution is 2.29. The van der Waals surface area contributed by atoms with E-state index in [1.54, 1.807) is 6.08 Å². The second-order valence-electron chi connectivity index (χ2n) is 4.37. The van der Waals surface area contributed by atoms with Crippen molar-refractivity contribution in [1.29, 1.82) is 0 Å². The molecule has 2 aromatic carbocycles. The molecule has 0 bridgehead atoms. The number of esters is 1. The average molecular weight is 272 g/mol. The lowest BCUT2D eigenvalue weighted by Crippen LogP contribution is -2.22. The van der Waals surface area contributed by atoms with E-state index in [-0.39, 0.29) is 0 Å². The highest BCUT2D eigenvalue weighted by Gasteiger charge is 2.24. The molecule has 0 N–H and O–H groups in total. The topological polar surface area (TPSA) is 43.4 Å². The Bertz CT molecular complexity index is 718. The Morgan fingerprint density at radius 3 is 2.58 bits per heavy atom. The number of hydrogen-bond donors (Lipinski definition) is 0. The van der Waals surface area contributed by atoms with Crippen LogP contribution in [0.3, 0.4) is 0 Å². The van der Waals surface area contributed by atoms with Crippen LogP contribution in [0.5, 0.6) is 0 Å². The molecule has 96 valence electrons. The van der Waals surface area contributed by atoms with E-state index >= 15 is 0 Å². The summed E-state index contributed by atoms with van der Waals surface area (Å²) in [7, 11) is -1.36. The van der Waals surface area contributed by atoms with Crippen LogP contribution in [-0.4, -0.2) is 15.6 Å². The number of carbonyl (C=O) groups is 1. The van der Waals surface area contributed by atoms with Crippen molar-refractivity contribution in [2.45, 2.75) is 17.3 Å². The van der Waals surface area contributed by atoms with Gasteiger partial charge in [0.25, 0.3) is 0 Å².